The van der Waals surface area contributed by atoms with Crippen LogP contribution in [0.5, 0.6) is 0 Å². The van der Waals surface area contributed by atoms with Gasteiger partial charge in [0.25, 0.3) is 5.91 Å². The number of hydrogen-bond donors (Lipinski definition) is 3. The first-order valence-corrected chi connectivity index (χ1v) is 14.1. The molecule has 3 aromatic heterocycles. The van der Waals surface area contributed by atoms with Crippen LogP contribution in [0.2, 0.25) is 0 Å². The molecule has 0 bridgehead atoms. The van der Waals surface area contributed by atoms with Gasteiger partial charge in [-0.15, -0.1) is 12.4 Å². The summed E-state index contributed by atoms with van der Waals surface area (Å²) in [6.07, 6.45) is 4.16. The summed E-state index contributed by atoms with van der Waals surface area (Å²) in [6.45, 7) is 1.14. The van der Waals surface area contributed by atoms with Crippen LogP contribution in [0.4, 0.5) is 11.5 Å². The number of hydrogen-bond acceptors (Lipinski definition) is 8. The van der Waals surface area contributed by atoms with Gasteiger partial charge in [0.05, 0.1) is 31.1 Å². The molecule has 43 heavy (non-hydrogen) atoms. The number of halogens is 1. The number of aromatic nitrogens is 4. The van der Waals surface area contributed by atoms with Crippen LogP contribution >= 0.6 is 12.4 Å². The van der Waals surface area contributed by atoms with Crippen LogP contribution in [0.25, 0.3) is 39.5 Å². The third kappa shape index (κ3) is 5.46. The van der Waals surface area contributed by atoms with E-state index >= 15 is 0 Å². The average molecular weight is 598 g/mol. The molecule has 1 aliphatic heterocycles. The Balaban J connectivity index is 0.00000329. The van der Waals surface area contributed by atoms with Gasteiger partial charge in [-0.1, -0.05) is 24.3 Å². The fraction of sp³-hybridized carbons (Fsp3) is 0.250. The van der Waals surface area contributed by atoms with E-state index in [-0.39, 0.29) is 30.5 Å². The first kappa shape index (κ1) is 28.8. The van der Waals surface area contributed by atoms with E-state index in [1.165, 1.54) is 0 Å². The maximum atomic E-state index is 12.7. The van der Waals surface area contributed by atoms with Crippen molar-refractivity contribution in [2.24, 2.45) is 5.73 Å². The van der Waals surface area contributed by atoms with E-state index in [0.717, 1.165) is 41.8 Å². The van der Waals surface area contributed by atoms with E-state index in [4.69, 9.17) is 30.9 Å². The maximum Gasteiger partial charge on any atom is 0.255 e. The van der Waals surface area contributed by atoms with Gasteiger partial charge in [0, 0.05) is 28.7 Å². The molecule has 1 saturated heterocycles. The molecule has 2 aliphatic rings. The van der Waals surface area contributed by atoms with Crippen LogP contribution in [0.3, 0.4) is 0 Å². The number of fused-ring (bicyclic) bond motifs is 1. The number of pyridine rings is 2. The van der Waals surface area contributed by atoms with Gasteiger partial charge in [0.1, 0.15) is 11.3 Å². The van der Waals surface area contributed by atoms with Gasteiger partial charge in [0.15, 0.2) is 17.6 Å². The molecule has 7 rings (SSSR count). The number of nitrogens with two attached hydrogens (primary N) is 2. The Kier molecular flexibility index (Phi) is 7.85. The number of anilines is 2. The maximum absolute atomic E-state index is 12.7. The largest absolute Gasteiger partial charge is 0.383 e. The molecule has 5 N–H and O–H groups in total. The fourth-order valence-electron chi connectivity index (χ4n) is 5.56. The molecule has 0 spiro atoms. The predicted molar refractivity (Wildman–Crippen MR) is 168 cm³/mol. The van der Waals surface area contributed by atoms with Gasteiger partial charge >= 0.3 is 0 Å². The predicted octanol–water partition coefficient (Wildman–Crippen LogP) is 4.85. The summed E-state index contributed by atoms with van der Waals surface area (Å²) >= 11 is 0. The summed E-state index contributed by atoms with van der Waals surface area (Å²) in [5, 5.41) is 2.93. The fourth-order valence-corrected chi connectivity index (χ4v) is 5.56. The SMILES string of the molecule is Cl.Nc1ncccc1-c1nc2ccc(-c3cccc(NC(=O)C4COCCO4)c3)nc2n1-c1ccc(C2(N)CCC2)cc1. The van der Waals surface area contributed by atoms with Crippen molar-refractivity contribution < 1.29 is 14.3 Å². The highest BCUT2D eigenvalue weighted by molar-refractivity contribution is 5.95. The summed E-state index contributed by atoms with van der Waals surface area (Å²) < 4.78 is 12.9. The van der Waals surface area contributed by atoms with Crippen LogP contribution in [-0.4, -0.2) is 51.4 Å². The summed E-state index contributed by atoms with van der Waals surface area (Å²) in [5.74, 6) is 0.795. The molecule has 1 aliphatic carbocycles. The second-order valence-corrected chi connectivity index (χ2v) is 10.8. The van der Waals surface area contributed by atoms with E-state index in [2.05, 4.69) is 34.6 Å². The lowest BCUT2D eigenvalue weighted by molar-refractivity contribution is -0.142. The molecule has 10 nitrogen and oxygen atoms in total. The summed E-state index contributed by atoms with van der Waals surface area (Å²) in [6, 6.07) is 23.5. The Labute approximate surface area is 254 Å². The van der Waals surface area contributed by atoms with Gasteiger partial charge in [-0.2, -0.15) is 0 Å². The Morgan fingerprint density at radius 2 is 1.84 bits per heavy atom. The zero-order valence-corrected chi connectivity index (χ0v) is 24.2. The van der Waals surface area contributed by atoms with Crippen molar-refractivity contribution in [3.8, 4) is 28.3 Å². The van der Waals surface area contributed by atoms with Crippen LogP contribution < -0.4 is 16.8 Å². The zero-order chi connectivity index (χ0) is 28.7. The lowest BCUT2D eigenvalue weighted by Crippen LogP contribution is -2.43. The normalized spacial score (nSPS) is 17.6. The molecular weight excluding hydrogens is 566 g/mol. The number of nitrogens with one attached hydrogen (secondary N) is 1. The van der Waals surface area contributed by atoms with E-state index in [1.807, 2.05) is 53.1 Å². The molecule has 0 radical (unpaired) electrons. The van der Waals surface area contributed by atoms with E-state index in [9.17, 15) is 4.79 Å². The molecule has 1 atom stereocenters. The van der Waals surface area contributed by atoms with E-state index in [1.54, 1.807) is 6.20 Å². The minimum Gasteiger partial charge on any atom is -0.383 e. The highest BCUT2D eigenvalue weighted by atomic mass is 35.5. The number of carbonyl (C=O) groups is 1. The van der Waals surface area contributed by atoms with Crippen molar-refractivity contribution >= 4 is 41.0 Å². The van der Waals surface area contributed by atoms with E-state index < -0.39 is 6.10 Å². The molecule has 1 amide bonds. The van der Waals surface area contributed by atoms with Crippen molar-refractivity contribution in [2.75, 3.05) is 30.9 Å². The molecule has 2 aromatic carbocycles. The van der Waals surface area contributed by atoms with E-state index in [0.29, 0.717) is 47.3 Å². The lowest BCUT2D eigenvalue weighted by Gasteiger charge is -2.38. The molecule has 4 heterocycles. The first-order chi connectivity index (χ1) is 20.5. The minimum atomic E-state index is -0.630. The van der Waals surface area contributed by atoms with Crippen LogP contribution in [0.1, 0.15) is 24.8 Å². The third-order valence-electron chi connectivity index (χ3n) is 8.06. The Bertz CT molecular complexity index is 1780. The zero-order valence-electron chi connectivity index (χ0n) is 23.4. The first-order valence-electron chi connectivity index (χ1n) is 14.1. The van der Waals surface area contributed by atoms with Crippen molar-refractivity contribution in [3.05, 3.63) is 84.6 Å². The highest BCUT2D eigenvalue weighted by Gasteiger charge is 2.34. The van der Waals surface area contributed by atoms with Gasteiger partial charge < -0.3 is 26.3 Å². The van der Waals surface area contributed by atoms with Crippen molar-refractivity contribution in [3.63, 3.8) is 0 Å². The standard InChI is InChI=1S/C32H31N7O3.ClH/c33-28-24(6-2-15-35-28)29-38-26-12-11-25(20-4-1-5-22(18-20)36-31(40)27-19-41-16-17-42-27)37-30(26)39(29)23-9-7-21(8-10-23)32(34)13-3-14-32;/h1-2,4-12,15,18,27H,3,13-14,16-17,19,34H2,(H2,33,35)(H,36,40);1H. The van der Waals surface area contributed by atoms with Gasteiger partial charge in [-0.05, 0) is 73.4 Å². The number of carbonyl (C=O) groups excluding carboxylic acids is 1. The van der Waals surface area contributed by atoms with Crippen molar-refractivity contribution in [1.82, 2.24) is 19.5 Å². The number of ether oxygens (including phenoxy) is 2. The third-order valence-corrected chi connectivity index (χ3v) is 8.06. The Morgan fingerprint density at radius 3 is 2.56 bits per heavy atom. The molecule has 11 heteroatoms. The number of imidazole rings is 1. The second kappa shape index (κ2) is 11.7. The molecule has 1 saturated carbocycles. The highest BCUT2D eigenvalue weighted by Crippen LogP contribution is 2.39. The second-order valence-electron chi connectivity index (χ2n) is 10.8. The lowest BCUT2D eigenvalue weighted by atomic mass is 9.73. The summed E-state index contributed by atoms with van der Waals surface area (Å²) in [5.41, 5.74) is 19.0. The summed E-state index contributed by atoms with van der Waals surface area (Å²) in [7, 11) is 0. The quantitative estimate of drug-likeness (QED) is 0.252. The number of benzene rings is 2. The van der Waals surface area contributed by atoms with Crippen molar-refractivity contribution in [2.45, 2.75) is 30.9 Å². The van der Waals surface area contributed by atoms with Crippen LogP contribution in [-0.2, 0) is 19.8 Å². The topological polar surface area (TPSA) is 143 Å². The molecule has 5 aromatic rings. The van der Waals surface area contributed by atoms with Crippen LogP contribution in [0.15, 0.2) is 79.0 Å². The molecular formula is C32H32ClN7O3. The van der Waals surface area contributed by atoms with Gasteiger partial charge in [-0.3, -0.25) is 9.36 Å². The monoisotopic (exact) mass is 597 g/mol. The Hall–Kier alpha value is -4.35. The number of nitrogen functional groups attached to an aromatic ring is 1. The van der Waals surface area contributed by atoms with Gasteiger partial charge in [0.2, 0.25) is 0 Å². The van der Waals surface area contributed by atoms with Crippen LogP contribution in [0, 0.1) is 0 Å². The number of amides is 1. The Morgan fingerprint density at radius 1 is 1.00 bits per heavy atom. The smallest absolute Gasteiger partial charge is 0.255 e. The molecule has 2 fully saturated rings. The van der Waals surface area contributed by atoms with Gasteiger partial charge in [-0.25, -0.2) is 15.0 Å². The summed E-state index contributed by atoms with van der Waals surface area (Å²) in [4.78, 5) is 27.0. The number of nitrogens with zero attached hydrogens (tertiary/aromatic N) is 4. The average Bonchev–Trinajstić information content (AvgIpc) is 3.39. The van der Waals surface area contributed by atoms with Crippen molar-refractivity contribution in [1.29, 1.82) is 0 Å². The number of rotatable bonds is 6. The molecule has 1 unspecified atom stereocenters. The minimum absolute atomic E-state index is 0. The molecule has 220 valence electrons.